The van der Waals surface area contributed by atoms with Crippen molar-refractivity contribution in [2.24, 2.45) is 5.41 Å². The molecule has 0 N–H and O–H groups in total. The molecule has 0 aromatic heterocycles. The van der Waals surface area contributed by atoms with E-state index in [4.69, 9.17) is 0 Å². The van der Waals surface area contributed by atoms with Crippen LogP contribution in [0.25, 0.3) is 0 Å². The number of carbonyl (C=O) groups excluding carboxylic acids is 2. The van der Waals surface area contributed by atoms with Gasteiger partial charge >= 0.3 is 0 Å². The Bertz CT molecular complexity index is 312. The van der Waals surface area contributed by atoms with E-state index in [9.17, 15) is 9.59 Å². The molecule has 0 saturated carbocycles. The minimum Gasteiger partial charge on any atom is -0.327 e. The van der Waals surface area contributed by atoms with E-state index in [0.29, 0.717) is 6.42 Å². The van der Waals surface area contributed by atoms with Crippen molar-refractivity contribution in [3.8, 4) is 0 Å². The molecule has 0 bridgehead atoms. The second-order valence-electron chi connectivity index (χ2n) is 6.17. The van der Waals surface area contributed by atoms with Gasteiger partial charge in [0.25, 0.3) is 0 Å². The molecule has 0 radical (unpaired) electrons. The van der Waals surface area contributed by atoms with Crippen LogP contribution in [0.3, 0.4) is 0 Å². The summed E-state index contributed by atoms with van der Waals surface area (Å²) in [5, 5.41) is 0. The summed E-state index contributed by atoms with van der Waals surface area (Å²) in [4.78, 5) is 26.1. The van der Waals surface area contributed by atoms with Crippen LogP contribution in [0.5, 0.6) is 0 Å². The van der Waals surface area contributed by atoms with Crippen LogP contribution in [-0.2, 0) is 9.59 Å². The van der Waals surface area contributed by atoms with Gasteiger partial charge in [-0.2, -0.15) is 0 Å². The summed E-state index contributed by atoms with van der Waals surface area (Å²) in [5.41, 5.74) is -1.06. The predicted molar refractivity (Wildman–Crippen MR) is 64.1 cm³/mol. The minimum absolute atomic E-state index is 0.0780. The first-order chi connectivity index (χ1) is 7.12. The largest absolute Gasteiger partial charge is 0.327 e. The molecule has 16 heavy (non-hydrogen) atoms. The van der Waals surface area contributed by atoms with Gasteiger partial charge in [-0.15, -0.1) is 0 Å². The molecule has 92 valence electrons. The molecule has 1 rings (SSSR count). The molecule has 1 atom stereocenters. The highest BCUT2D eigenvalue weighted by atomic mass is 16.2. The molecule has 1 aliphatic rings. The van der Waals surface area contributed by atoms with Gasteiger partial charge in [-0.25, -0.2) is 0 Å². The third-order valence-electron chi connectivity index (χ3n) is 3.40. The van der Waals surface area contributed by atoms with Gasteiger partial charge in [0.1, 0.15) is 0 Å². The Morgan fingerprint density at radius 3 is 2.31 bits per heavy atom. The van der Waals surface area contributed by atoms with E-state index in [1.807, 2.05) is 41.5 Å². The van der Waals surface area contributed by atoms with E-state index in [0.717, 1.165) is 6.42 Å². The zero-order valence-electron chi connectivity index (χ0n) is 11.3. The number of Topliss-reactive ketones (excluding diaryl/α,β-unsaturated/α-hetero) is 1. The number of amides is 1. The number of likely N-dealkylation sites (tertiary alicyclic amines) is 1. The molecule has 0 aromatic rings. The van der Waals surface area contributed by atoms with Crippen molar-refractivity contribution >= 4 is 11.7 Å². The Balaban J connectivity index is 3.09. The number of rotatable bonds is 1. The number of nitrogens with zero attached hydrogens (tertiary/aromatic N) is 1. The van der Waals surface area contributed by atoms with Gasteiger partial charge in [-0.05, 0) is 20.3 Å². The third kappa shape index (κ3) is 2.00. The number of carbonyl (C=O) groups is 2. The monoisotopic (exact) mass is 225 g/mol. The van der Waals surface area contributed by atoms with Crippen LogP contribution in [0, 0.1) is 5.41 Å². The molecule has 1 amide bonds. The van der Waals surface area contributed by atoms with Crippen LogP contribution >= 0.6 is 0 Å². The summed E-state index contributed by atoms with van der Waals surface area (Å²) in [6.07, 6.45) is 1.35. The SMILES string of the molecule is CCC1CC(=O)C(C)(C)N1C(=O)C(C)(C)C. The van der Waals surface area contributed by atoms with Crippen molar-refractivity contribution in [2.75, 3.05) is 0 Å². The molecular formula is C13H23NO2. The van der Waals surface area contributed by atoms with Gasteiger partial charge in [0.05, 0.1) is 5.54 Å². The van der Waals surface area contributed by atoms with E-state index >= 15 is 0 Å². The number of hydrogen-bond donors (Lipinski definition) is 0. The first-order valence-electron chi connectivity index (χ1n) is 5.99. The van der Waals surface area contributed by atoms with Crippen LogP contribution in [-0.4, -0.2) is 28.2 Å². The Morgan fingerprint density at radius 2 is 1.94 bits per heavy atom. The van der Waals surface area contributed by atoms with Gasteiger partial charge in [0.2, 0.25) is 5.91 Å². The van der Waals surface area contributed by atoms with Gasteiger partial charge in [-0.1, -0.05) is 27.7 Å². The van der Waals surface area contributed by atoms with Crippen molar-refractivity contribution in [3.05, 3.63) is 0 Å². The Kier molecular flexibility index (Phi) is 3.19. The lowest BCUT2D eigenvalue weighted by Crippen LogP contribution is -2.53. The van der Waals surface area contributed by atoms with E-state index in [1.165, 1.54) is 0 Å². The van der Waals surface area contributed by atoms with Gasteiger partial charge < -0.3 is 4.90 Å². The van der Waals surface area contributed by atoms with Gasteiger partial charge in [-0.3, -0.25) is 9.59 Å². The average molecular weight is 225 g/mol. The molecule has 1 unspecified atom stereocenters. The molecular weight excluding hydrogens is 202 g/mol. The van der Waals surface area contributed by atoms with Crippen molar-refractivity contribution in [1.29, 1.82) is 0 Å². The quantitative estimate of drug-likeness (QED) is 0.687. The summed E-state index contributed by atoms with van der Waals surface area (Å²) in [6.45, 7) is 11.5. The molecule has 1 aliphatic heterocycles. The van der Waals surface area contributed by atoms with E-state index in [2.05, 4.69) is 0 Å². The maximum absolute atomic E-state index is 12.4. The Hall–Kier alpha value is -0.860. The Labute approximate surface area is 98.2 Å². The van der Waals surface area contributed by atoms with Crippen molar-refractivity contribution < 1.29 is 9.59 Å². The molecule has 0 aromatic carbocycles. The topological polar surface area (TPSA) is 37.4 Å². The van der Waals surface area contributed by atoms with E-state index < -0.39 is 11.0 Å². The maximum Gasteiger partial charge on any atom is 0.229 e. The summed E-state index contributed by atoms with van der Waals surface area (Å²) in [7, 11) is 0. The fraction of sp³-hybridized carbons (Fsp3) is 0.846. The summed E-state index contributed by atoms with van der Waals surface area (Å²) < 4.78 is 0. The van der Waals surface area contributed by atoms with Crippen molar-refractivity contribution in [1.82, 2.24) is 4.90 Å². The minimum atomic E-state index is -0.634. The highest BCUT2D eigenvalue weighted by molar-refractivity contribution is 5.97. The highest BCUT2D eigenvalue weighted by Gasteiger charge is 2.50. The zero-order chi connectivity index (χ0) is 12.7. The average Bonchev–Trinajstić information content (AvgIpc) is 2.35. The molecule has 3 nitrogen and oxygen atoms in total. The summed E-state index contributed by atoms with van der Waals surface area (Å²) >= 11 is 0. The first-order valence-corrected chi connectivity index (χ1v) is 5.99. The molecule has 1 heterocycles. The molecule has 1 fully saturated rings. The van der Waals surface area contributed by atoms with Crippen LogP contribution in [0.15, 0.2) is 0 Å². The van der Waals surface area contributed by atoms with Gasteiger partial charge in [0.15, 0.2) is 5.78 Å². The van der Waals surface area contributed by atoms with Crippen molar-refractivity contribution in [3.63, 3.8) is 0 Å². The lowest BCUT2D eigenvalue weighted by atomic mass is 9.91. The normalized spacial score (nSPS) is 25.0. The summed E-state index contributed by atoms with van der Waals surface area (Å²) in [6, 6.07) is 0.0780. The lowest BCUT2D eigenvalue weighted by Gasteiger charge is -2.38. The van der Waals surface area contributed by atoms with Crippen LogP contribution in [0.4, 0.5) is 0 Å². The standard InChI is InChI=1S/C13H23NO2/c1-7-9-8-10(15)13(5,6)14(9)11(16)12(2,3)4/h9H,7-8H2,1-6H3. The number of ketones is 1. The van der Waals surface area contributed by atoms with Gasteiger partial charge in [0, 0.05) is 17.9 Å². The lowest BCUT2D eigenvalue weighted by molar-refractivity contribution is -0.148. The highest BCUT2D eigenvalue weighted by Crippen LogP contribution is 2.35. The van der Waals surface area contributed by atoms with Crippen LogP contribution in [0.2, 0.25) is 0 Å². The molecule has 0 spiro atoms. The fourth-order valence-electron chi connectivity index (χ4n) is 2.25. The zero-order valence-corrected chi connectivity index (χ0v) is 11.3. The molecule has 1 saturated heterocycles. The van der Waals surface area contributed by atoms with E-state index in [1.54, 1.807) is 4.90 Å². The molecule has 0 aliphatic carbocycles. The summed E-state index contributed by atoms with van der Waals surface area (Å²) in [5.74, 6) is 0.257. The number of hydrogen-bond acceptors (Lipinski definition) is 2. The third-order valence-corrected chi connectivity index (χ3v) is 3.40. The predicted octanol–water partition coefficient (Wildman–Crippen LogP) is 2.39. The second-order valence-corrected chi connectivity index (χ2v) is 6.17. The Morgan fingerprint density at radius 1 is 1.44 bits per heavy atom. The molecule has 3 heteroatoms. The van der Waals surface area contributed by atoms with E-state index in [-0.39, 0.29) is 17.7 Å². The van der Waals surface area contributed by atoms with Crippen LogP contribution in [0.1, 0.15) is 54.4 Å². The second kappa shape index (κ2) is 3.86. The van der Waals surface area contributed by atoms with Crippen molar-refractivity contribution in [2.45, 2.75) is 66.0 Å². The first kappa shape index (κ1) is 13.2. The van der Waals surface area contributed by atoms with Crippen LogP contribution < -0.4 is 0 Å². The fourth-order valence-corrected chi connectivity index (χ4v) is 2.25. The maximum atomic E-state index is 12.4. The smallest absolute Gasteiger partial charge is 0.229 e.